The number of benzene rings is 1. The van der Waals surface area contributed by atoms with Gasteiger partial charge in [0, 0.05) is 11.4 Å². The van der Waals surface area contributed by atoms with E-state index in [9.17, 15) is 9.59 Å². The average Bonchev–Trinajstić information content (AvgIpc) is 3.10. The summed E-state index contributed by atoms with van der Waals surface area (Å²) in [7, 11) is 0. The second-order valence-corrected chi connectivity index (χ2v) is 7.74. The van der Waals surface area contributed by atoms with Crippen LogP contribution in [0.25, 0.3) is 11.1 Å². The SMILES string of the molecule is C=CCN(Cc1ccc(Br)s1)C(=O)Cn1c(=O)oc2ccccc21. The van der Waals surface area contributed by atoms with E-state index in [2.05, 4.69) is 22.5 Å². The molecule has 0 aliphatic heterocycles. The molecule has 2 aromatic heterocycles. The summed E-state index contributed by atoms with van der Waals surface area (Å²) in [6, 6.07) is 11.0. The number of carbonyl (C=O) groups excluding carboxylic acids is 1. The van der Waals surface area contributed by atoms with Crippen LogP contribution in [0.3, 0.4) is 0 Å². The van der Waals surface area contributed by atoms with Crippen LogP contribution < -0.4 is 5.76 Å². The molecule has 0 unspecified atom stereocenters. The predicted octanol–water partition coefficient (Wildman–Crippen LogP) is 3.63. The number of hydrogen-bond acceptors (Lipinski definition) is 4. The van der Waals surface area contributed by atoms with Crippen molar-refractivity contribution in [2.45, 2.75) is 13.1 Å². The highest BCUT2D eigenvalue weighted by atomic mass is 79.9. The van der Waals surface area contributed by atoms with Crippen LogP contribution in [0.2, 0.25) is 0 Å². The number of rotatable bonds is 6. The summed E-state index contributed by atoms with van der Waals surface area (Å²) in [5.74, 6) is -0.685. The number of hydrogen-bond donors (Lipinski definition) is 0. The Morgan fingerprint density at radius 3 is 2.83 bits per heavy atom. The summed E-state index contributed by atoms with van der Waals surface area (Å²) >= 11 is 4.99. The molecule has 3 rings (SSSR count). The topological polar surface area (TPSA) is 55.5 Å². The van der Waals surface area contributed by atoms with Crippen molar-refractivity contribution in [3.8, 4) is 0 Å². The summed E-state index contributed by atoms with van der Waals surface area (Å²) in [5.41, 5.74) is 1.10. The number of carbonyl (C=O) groups is 1. The van der Waals surface area contributed by atoms with Gasteiger partial charge in [-0.05, 0) is 40.2 Å². The minimum Gasteiger partial charge on any atom is -0.408 e. The fourth-order valence-corrected chi connectivity index (χ4v) is 3.93. The fraction of sp³-hybridized carbons (Fsp3) is 0.176. The van der Waals surface area contributed by atoms with Gasteiger partial charge in [-0.1, -0.05) is 18.2 Å². The summed E-state index contributed by atoms with van der Waals surface area (Å²) in [4.78, 5) is 27.4. The predicted molar refractivity (Wildman–Crippen MR) is 98.1 cm³/mol. The van der Waals surface area contributed by atoms with Crippen LogP contribution in [0.4, 0.5) is 0 Å². The normalized spacial score (nSPS) is 10.9. The number of oxazole rings is 1. The third-order valence-corrected chi connectivity index (χ3v) is 5.15. The zero-order valence-corrected chi connectivity index (χ0v) is 15.2. The molecule has 0 bridgehead atoms. The van der Waals surface area contributed by atoms with Crippen LogP contribution in [-0.2, 0) is 17.9 Å². The van der Waals surface area contributed by atoms with Gasteiger partial charge in [0.05, 0.1) is 15.8 Å². The van der Waals surface area contributed by atoms with E-state index >= 15 is 0 Å². The molecule has 0 saturated carbocycles. The quantitative estimate of drug-likeness (QED) is 0.587. The summed E-state index contributed by atoms with van der Waals surface area (Å²) in [5, 5.41) is 0. The number of thiophene rings is 1. The molecule has 24 heavy (non-hydrogen) atoms. The average molecular weight is 407 g/mol. The molecule has 2 heterocycles. The molecule has 1 amide bonds. The lowest BCUT2D eigenvalue weighted by molar-refractivity contribution is -0.131. The van der Waals surface area contributed by atoms with E-state index in [0.717, 1.165) is 8.66 Å². The first-order valence-electron chi connectivity index (χ1n) is 7.29. The molecule has 0 radical (unpaired) electrons. The second kappa shape index (κ2) is 7.19. The lowest BCUT2D eigenvalue weighted by Gasteiger charge is -2.20. The van der Waals surface area contributed by atoms with Crippen LogP contribution in [0.5, 0.6) is 0 Å². The Labute approximate surface area is 150 Å². The van der Waals surface area contributed by atoms with Crippen LogP contribution in [-0.4, -0.2) is 21.9 Å². The molecule has 0 N–H and O–H groups in total. The fourth-order valence-electron chi connectivity index (χ4n) is 2.43. The van der Waals surface area contributed by atoms with Crippen molar-refractivity contribution < 1.29 is 9.21 Å². The van der Waals surface area contributed by atoms with E-state index in [4.69, 9.17) is 4.42 Å². The maximum absolute atomic E-state index is 12.7. The van der Waals surface area contributed by atoms with Gasteiger partial charge in [-0.15, -0.1) is 17.9 Å². The van der Waals surface area contributed by atoms with Crippen molar-refractivity contribution in [2.24, 2.45) is 0 Å². The van der Waals surface area contributed by atoms with Crippen molar-refractivity contribution in [3.05, 3.63) is 68.3 Å². The van der Waals surface area contributed by atoms with E-state index in [0.29, 0.717) is 24.2 Å². The molecule has 0 spiro atoms. The molecule has 1 aromatic carbocycles. The largest absolute Gasteiger partial charge is 0.420 e. The van der Waals surface area contributed by atoms with Crippen LogP contribution in [0.15, 0.2) is 62.1 Å². The monoisotopic (exact) mass is 406 g/mol. The summed E-state index contributed by atoms with van der Waals surface area (Å²) < 4.78 is 7.55. The third kappa shape index (κ3) is 3.52. The molecule has 0 saturated heterocycles. The Bertz CT molecular complexity index is 941. The van der Waals surface area contributed by atoms with E-state index in [1.807, 2.05) is 18.2 Å². The Balaban J connectivity index is 1.83. The lowest BCUT2D eigenvalue weighted by atomic mass is 10.3. The molecular formula is C17H15BrN2O3S. The van der Waals surface area contributed by atoms with Crippen LogP contribution in [0, 0.1) is 0 Å². The molecular weight excluding hydrogens is 392 g/mol. The first-order chi connectivity index (χ1) is 11.6. The third-order valence-electron chi connectivity index (χ3n) is 3.54. The van der Waals surface area contributed by atoms with Crippen molar-refractivity contribution in [2.75, 3.05) is 6.54 Å². The van der Waals surface area contributed by atoms with Crippen LogP contribution in [0.1, 0.15) is 4.88 Å². The van der Waals surface area contributed by atoms with Gasteiger partial charge in [-0.25, -0.2) is 4.79 Å². The second-order valence-electron chi connectivity index (χ2n) is 5.19. The van der Waals surface area contributed by atoms with Gasteiger partial charge < -0.3 is 9.32 Å². The van der Waals surface area contributed by atoms with Gasteiger partial charge in [-0.3, -0.25) is 9.36 Å². The first kappa shape index (κ1) is 16.7. The molecule has 124 valence electrons. The first-order valence-corrected chi connectivity index (χ1v) is 8.90. The number of nitrogens with zero attached hydrogens (tertiary/aromatic N) is 2. The van der Waals surface area contributed by atoms with E-state index in [1.165, 1.54) is 4.57 Å². The minimum atomic E-state index is -0.526. The van der Waals surface area contributed by atoms with E-state index in [-0.39, 0.29) is 12.5 Å². The molecule has 7 heteroatoms. The Hall–Kier alpha value is -2.12. The minimum absolute atomic E-state index is 0.0593. The van der Waals surface area contributed by atoms with Crippen LogP contribution >= 0.6 is 27.3 Å². The van der Waals surface area contributed by atoms with Gasteiger partial charge in [0.15, 0.2) is 5.58 Å². The van der Waals surface area contributed by atoms with Crippen molar-refractivity contribution in [3.63, 3.8) is 0 Å². The molecule has 0 atom stereocenters. The maximum Gasteiger partial charge on any atom is 0.420 e. The van der Waals surface area contributed by atoms with Gasteiger partial charge in [0.2, 0.25) is 5.91 Å². The molecule has 3 aromatic rings. The number of fused-ring (bicyclic) bond motifs is 1. The van der Waals surface area contributed by atoms with Crippen molar-refractivity contribution in [1.82, 2.24) is 9.47 Å². The Kier molecular flexibility index (Phi) is 5.01. The maximum atomic E-state index is 12.7. The molecule has 0 fully saturated rings. The Morgan fingerprint density at radius 1 is 1.33 bits per heavy atom. The molecule has 0 aliphatic rings. The smallest absolute Gasteiger partial charge is 0.408 e. The highest BCUT2D eigenvalue weighted by molar-refractivity contribution is 9.11. The van der Waals surface area contributed by atoms with E-state index in [1.54, 1.807) is 40.5 Å². The Morgan fingerprint density at radius 2 is 2.12 bits per heavy atom. The van der Waals surface area contributed by atoms with E-state index < -0.39 is 5.76 Å². The number of para-hydroxylation sites is 2. The van der Waals surface area contributed by atoms with Gasteiger partial charge in [0.1, 0.15) is 6.54 Å². The number of halogens is 1. The molecule has 0 aliphatic carbocycles. The summed E-state index contributed by atoms with van der Waals surface area (Å²) in [6.07, 6.45) is 1.68. The van der Waals surface area contributed by atoms with Crippen molar-refractivity contribution in [1.29, 1.82) is 0 Å². The van der Waals surface area contributed by atoms with Gasteiger partial charge in [-0.2, -0.15) is 0 Å². The van der Waals surface area contributed by atoms with Gasteiger partial charge >= 0.3 is 5.76 Å². The number of aromatic nitrogens is 1. The zero-order valence-electron chi connectivity index (χ0n) is 12.8. The highest BCUT2D eigenvalue weighted by Gasteiger charge is 2.18. The highest BCUT2D eigenvalue weighted by Crippen LogP contribution is 2.23. The standard InChI is InChI=1S/C17H15BrN2O3S/c1-2-9-19(10-12-7-8-15(18)24-12)16(21)11-20-13-5-3-4-6-14(13)23-17(20)22/h2-8H,1,9-11H2. The van der Waals surface area contributed by atoms with Crippen molar-refractivity contribution >= 4 is 44.3 Å². The number of amides is 1. The van der Waals surface area contributed by atoms with Gasteiger partial charge in [0.25, 0.3) is 0 Å². The lowest BCUT2D eigenvalue weighted by Crippen LogP contribution is -2.35. The molecule has 5 nitrogen and oxygen atoms in total. The zero-order chi connectivity index (χ0) is 17.1. The summed E-state index contributed by atoms with van der Waals surface area (Å²) in [6.45, 7) is 4.54.